The second kappa shape index (κ2) is 6.83. The predicted molar refractivity (Wildman–Crippen MR) is 105 cm³/mol. The second-order valence-electron chi connectivity index (χ2n) is 6.21. The van der Waals surface area contributed by atoms with Gasteiger partial charge < -0.3 is 0 Å². The van der Waals surface area contributed by atoms with Crippen LogP contribution in [0.15, 0.2) is 29.2 Å². The fourth-order valence-electron chi connectivity index (χ4n) is 3.08. The van der Waals surface area contributed by atoms with Gasteiger partial charge in [-0.25, -0.2) is 9.97 Å². The number of hydrogen-bond donors (Lipinski definition) is 0. The van der Waals surface area contributed by atoms with Crippen molar-refractivity contribution in [2.75, 3.05) is 0 Å². The Morgan fingerprint density at radius 3 is 2.79 bits per heavy atom. The molecule has 6 heteroatoms. The minimum absolute atomic E-state index is 0.610. The van der Waals surface area contributed by atoms with Crippen LogP contribution in [0.3, 0.4) is 0 Å². The molecule has 2 heterocycles. The number of thiophene rings is 1. The summed E-state index contributed by atoms with van der Waals surface area (Å²) in [6.07, 6.45) is 3.46. The van der Waals surface area contributed by atoms with Gasteiger partial charge in [0, 0.05) is 14.8 Å². The Kier molecular flexibility index (Phi) is 4.74. The Hall–Kier alpha value is -0.810. The molecule has 0 spiro atoms. The highest BCUT2D eigenvalue weighted by Crippen LogP contribution is 2.40. The van der Waals surface area contributed by atoms with Crippen molar-refractivity contribution in [3.8, 4) is 0 Å². The van der Waals surface area contributed by atoms with Crippen LogP contribution >= 0.6 is 46.3 Å². The number of aryl methyl sites for hydroxylation is 1. The van der Waals surface area contributed by atoms with E-state index in [0.29, 0.717) is 10.9 Å². The monoisotopic (exact) mass is 394 g/mol. The molecule has 0 saturated heterocycles. The summed E-state index contributed by atoms with van der Waals surface area (Å²) in [5.41, 5.74) is 1.38. The lowest BCUT2D eigenvalue weighted by atomic mass is 9.89. The molecule has 24 heavy (non-hydrogen) atoms. The predicted octanol–water partition coefficient (Wildman–Crippen LogP) is 6.42. The van der Waals surface area contributed by atoms with E-state index < -0.39 is 0 Å². The first-order valence-corrected chi connectivity index (χ1v) is 10.5. The molecular weight excluding hydrogens is 379 g/mol. The molecule has 0 bridgehead atoms. The zero-order chi connectivity index (χ0) is 16.7. The van der Waals surface area contributed by atoms with E-state index in [-0.39, 0.29) is 0 Å². The summed E-state index contributed by atoms with van der Waals surface area (Å²) in [5.74, 6) is 2.24. The molecule has 0 radical (unpaired) electrons. The minimum Gasteiger partial charge on any atom is -0.221 e. The Morgan fingerprint density at radius 2 is 2.00 bits per heavy atom. The number of fused-ring (bicyclic) bond motifs is 3. The summed E-state index contributed by atoms with van der Waals surface area (Å²) in [6, 6.07) is 7.82. The molecule has 0 unspecified atom stereocenters. The van der Waals surface area contributed by atoms with E-state index in [1.165, 1.54) is 16.9 Å². The van der Waals surface area contributed by atoms with E-state index >= 15 is 0 Å². The van der Waals surface area contributed by atoms with Crippen molar-refractivity contribution < 1.29 is 0 Å². The van der Waals surface area contributed by atoms with Gasteiger partial charge in [0.25, 0.3) is 0 Å². The van der Waals surface area contributed by atoms with Crippen LogP contribution in [0.2, 0.25) is 10.2 Å². The first kappa shape index (κ1) is 16.6. The lowest BCUT2D eigenvalue weighted by Crippen LogP contribution is -2.08. The Balaban J connectivity index is 1.62. The van der Waals surface area contributed by atoms with Gasteiger partial charge >= 0.3 is 0 Å². The molecular formula is C18H16Cl2N2S2. The molecule has 4 rings (SSSR count). The number of rotatable bonds is 3. The van der Waals surface area contributed by atoms with Crippen LogP contribution in [0.1, 0.15) is 29.6 Å². The van der Waals surface area contributed by atoms with Gasteiger partial charge in [-0.15, -0.1) is 23.1 Å². The van der Waals surface area contributed by atoms with Gasteiger partial charge in [-0.1, -0.05) is 30.1 Å². The largest absolute Gasteiger partial charge is 0.221 e. The topological polar surface area (TPSA) is 25.8 Å². The fraction of sp³-hybridized carbons (Fsp3) is 0.333. The van der Waals surface area contributed by atoms with Gasteiger partial charge in [-0.2, -0.15) is 0 Å². The average molecular weight is 395 g/mol. The number of hydrogen-bond acceptors (Lipinski definition) is 4. The lowest BCUT2D eigenvalue weighted by molar-refractivity contribution is 0.509. The third kappa shape index (κ3) is 3.30. The summed E-state index contributed by atoms with van der Waals surface area (Å²) in [5, 5.41) is 2.45. The number of benzene rings is 1. The molecule has 0 aliphatic heterocycles. The van der Waals surface area contributed by atoms with Gasteiger partial charge in [-0.05, 0) is 55.0 Å². The van der Waals surface area contributed by atoms with Crippen molar-refractivity contribution >= 4 is 56.5 Å². The van der Waals surface area contributed by atoms with E-state index in [1.807, 2.05) is 24.3 Å². The molecule has 3 aromatic rings. The summed E-state index contributed by atoms with van der Waals surface area (Å²) < 4.78 is 0. The van der Waals surface area contributed by atoms with Crippen molar-refractivity contribution in [3.63, 3.8) is 0 Å². The fourth-order valence-corrected chi connectivity index (χ4v) is 5.72. The van der Waals surface area contributed by atoms with Crippen molar-refractivity contribution in [1.82, 2.24) is 9.97 Å². The van der Waals surface area contributed by atoms with Crippen LogP contribution in [-0.4, -0.2) is 9.97 Å². The third-order valence-electron chi connectivity index (χ3n) is 4.34. The number of aromatic nitrogens is 2. The van der Waals surface area contributed by atoms with Crippen LogP contribution < -0.4 is 0 Å². The van der Waals surface area contributed by atoms with Crippen LogP contribution in [0.5, 0.6) is 0 Å². The number of thioether (sulfide) groups is 1. The van der Waals surface area contributed by atoms with Crippen molar-refractivity contribution in [2.45, 2.75) is 36.8 Å². The zero-order valence-electron chi connectivity index (χ0n) is 13.2. The van der Waals surface area contributed by atoms with E-state index in [4.69, 9.17) is 28.2 Å². The number of nitrogens with zero attached hydrogens (tertiary/aromatic N) is 2. The molecule has 0 N–H and O–H groups in total. The first-order chi connectivity index (χ1) is 11.6. The molecule has 0 saturated carbocycles. The molecule has 124 valence electrons. The van der Waals surface area contributed by atoms with Crippen molar-refractivity contribution in [3.05, 3.63) is 50.7 Å². The maximum atomic E-state index is 6.51. The van der Waals surface area contributed by atoms with E-state index in [9.17, 15) is 0 Å². The van der Waals surface area contributed by atoms with E-state index in [1.54, 1.807) is 23.1 Å². The highest BCUT2D eigenvalue weighted by atomic mass is 35.5. The Bertz CT molecular complexity index is 890. The van der Waals surface area contributed by atoms with Gasteiger partial charge in [0.2, 0.25) is 0 Å². The van der Waals surface area contributed by atoms with Gasteiger partial charge in [0.05, 0.1) is 11.1 Å². The molecule has 2 aromatic heterocycles. The van der Waals surface area contributed by atoms with Crippen LogP contribution in [0.4, 0.5) is 0 Å². The van der Waals surface area contributed by atoms with Gasteiger partial charge in [0.1, 0.15) is 15.8 Å². The molecule has 2 nitrogen and oxygen atoms in total. The number of halogens is 2. The van der Waals surface area contributed by atoms with E-state index in [2.05, 4.69) is 11.9 Å². The van der Waals surface area contributed by atoms with Crippen molar-refractivity contribution in [1.29, 1.82) is 0 Å². The van der Waals surface area contributed by atoms with Crippen molar-refractivity contribution in [2.24, 2.45) is 5.92 Å². The maximum Gasteiger partial charge on any atom is 0.142 e. The highest BCUT2D eigenvalue weighted by molar-refractivity contribution is 7.98. The molecule has 0 amide bonds. The summed E-state index contributed by atoms with van der Waals surface area (Å²) in [7, 11) is 0. The Labute approximate surface area is 159 Å². The summed E-state index contributed by atoms with van der Waals surface area (Å²) in [4.78, 5) is 13.0. The summed E-state index contributed by atoms with van der Waals surface area (Å²) in [6.45, 7) is 2.31. The molecule has 1 aromatic carbocycles. The second-order valence-corrected chi connectivity index (χ2v) is 9.13. The van der Waals surface area contributed by atoms with E-state index in [0.717, 1.165) is 44.7 Å². The SMILES string of the molecule is C[C@@H]1CCc2c(sc3nc(CSc4ccc(Cl)cc4)nc(Cl)c23)C1. The normalized spacial score (nSPS) is 17.2. The smallest absolute Gasteiger partial charge is 0.142 e. The lowest BCUT2D eigenvalue weighted by Gasteiger charge is -2.17. The molecule has 1 aliphatic carbocycles. The molecule has 1 aliphatic rings. The standard InChI is InChI=1S/C18H16Cl2N2S2/c1-10-2-7-13-14(8-10)24-18-16(13)17(20)21-15(22-18)9-23-12-5-3-11(19)4-6-12/h3-6,10H,2,7-9H2,1H3/t10-/m1/s1. The summed E-state index contributed by atoms with van der Waals surface area (Å²) >= 11 is 15.9. The van der Waals surface area contributed by atoms with Gasteiger partial charge in [0.15, 0.2) is 0 Å². The van der Waals surface area contributed by atoms with Crippen LogP contribution in [0, 0.1) is 5.92 Å². The van der Waals surface area contributed by atoms with Crippen LogP contribution in [0.25, 0.3) is 10.2 Å². The Morgan fingerprint density at radius 1 is 1.21 bits per heavy atom. The highest BCUT2D eigenvalue weighted by Gasteiger charge is 2.23. The van der Waals surface area contributed by atoms with Crippen LogP contribution in [-0.2, 0) is 18.6 Å². The quantitative estimate of drug-likeness (QED) is 0.378. The zero-order valence-corrected chi connectivity index (χ0v) is 16.3. The van der Waals surface area contributed by atoms with Gasteiger partial charge in [-0.3, -0.25) is 0 Å². The minimum atomic E-state index is 0.610. The molecule has 0 fully saturated rings. The third-order valence-corrected chi connectivity index (χ3v) is 7.02. The maximum absolute atomic E-state index is 6.51. The average Bonchev–Trinajstić information content (AvgIpc) is 2.92. The first-order valence-electron chi connectivity index (χ1n) is 7.95. The molecule has 1 atom stereocenters.